The minimum atomic E-state index is -1.03. The molecule has 0 unspecified atom stereocenters. The first kappa shape index (κ1) is 27.9. The lowest BCUT2D eigenvalue weighted by atomic mass is 9.80. The number of para-hydroxylation sites is 2. The van der Waals surface area contributed by atoms with Gasteiger partial charge < -0.3 is 24.8 Å². The van der Waals surface area contributed by atoms with Crippen molar-refractivity contribution in [3.8, 4) is 22.6 Å². The quantitative estimate of drug-likeness (QED) is 0.241. The van der Waals surface area contributed by atoms with Crippen LogP contribution in [0, 0.1) is 0 Å². The van der Waals surface area contributed by atoms with Crippen molar-refractivity contribution >= 4 is 23.4 Å². The number of aromatic nitrogens is 3. The van der Waals surface area contributed by atoms with Gasteiger partial charge in [-0.3, -0.25) is 9.78 Å². The van der Waals surface area contributed by atoms with E-state index in [4.69, 9.17) is 14.5 Å². The molecule has 4 aromatic rings. The van der Waals surface area contributed by atoms with E-state index >= 15 is 0 Å². The van der Waals surface area contributed by atoms with Gasteiger partial charge in [0, 0.05) is 18.3 Å². The van der Waals surface area contributed by atoms with Crippen LogP contribution in [0.4, 0.5) is 17.5 Å². The number of hydrogen-bond acceptors (Lipinski definition) is 8. The van der Waals surface area contributed by atoms with Crippen molar-refractivity contribution < 1.29 is 19.4 Å². The third-order valence-corrected chi connectivity index (χ3v) is 7.23. The van der Waals surface area contributed by atoms with Crippen molar-refractivity contribution in [3.63, 3.8) is 0 Å². The summed E-state index contributed by atoms with van der Waals surface area (Å²) in [5, 5.41) is 13.0. The zero-order chi connectivity index (χ0) is 28.8. The van der Waals surface area contributed by atoms with E-state index in [-0.39, 0.29) is 6.10 Å². The van der Waals surface area contributed by atoms with Gasteiger partial charge >= 0.3 is 5.97 Å². The van der Waals surface area contributed by atoms with Crippen molar-refractivity contribution in [2.24, 2.45) is 0 Å². The van der Waals surface area contributed by atoms with E-state index in [0.717, 1.165) is 53.4 Å². The smallest absolute Gasteiger partial charge is 0.313 e. The van der Waals surface area contributed by atoms with Crippen LogP contribution in [0.25, 0.3) is 11.1 Å². The highest BCUT2D eigenvalue weighted by atomic mass is 16.5. The lowest BCUT2D eigenvalue weighted by Crippen LogP contribution is -2.41. The van der Waals surface area contributed by atoms with Crippen LogP contribution in [-0.2, 0) is 10.2 Å². The molecule has 1 aliphatic heterocycles. The van der Waals surface area contributed by atoms with Gasteiger partial charge in [0.2, 0.25) is 0 Å². The molecule has 0 aliphatic carbocycles. The molecule has 9 nitrogen and oxygen atoms in total. The van der Waals surface area contributed by atoms with Crippen molar-refractivity contribution in [1.29, 1.82) is 0 Å². The molecule has 1 atom stereocenters. The maximum atomic E-state index is 11.9. The number of carbonyl (C=O) groups is 1. The molecule has 1 aliphatic rings. The molecule has 1 saturated heterocycles. The number of benzene rings is 2. The van der Waals surface area contributed by atoms with Crippen LogP contribution >= 0.6 is 0 Å². The van der Waals surface area contributed by atoms with Gasteiger partial charge in [-0.2, -0.15) is 0 Å². The van der Waals surface area contributed by atoms with E-state index in [1.165, 1.54) is 0 Å². The van der Waals surface area contributed by atoms with E-state index in [1.54, 1.807) is 32.4 Å². The van der Waals surface area contributed by atoms with E-state index in [0.29, 0.717) is 24.8 Å². The molecule has 1 fully saturated rings. The van der Waals surface area contributed by atoms with Crippen LogP contribution in [-0.4, -0.2) is 51.8 Å². The molecular weight excluding hydrogens is 518 g/mol. The van der Waals surface area contributed by atoms with Crippen LogP contribution < -0.4 is 19.7 Å². The predicted octanol–water partition coefficient (Wildman–Crippen LogP) is 6.09. The van der Waals surface area contributed by atoms with Crippen LogP contribution in [0.5, 0.6) is 11.5 Å². The van der Waals surface area contributed by atoms with Gasteiger partial charge in [0.1, 0.15) is 17.7 Å². The number of piperidine rings is 1. The number of hydrogen-bond donors (Lipinski definition) is 2. The molecule has 0 radical (unpaired) electrons. The number of carboxylic acid groups (broad SMARTS) is 1. The largest absolute Gasteiger partial charge is 0.490 e. The Hall–Kier alpha value is -4.66. The molecule has 0 amide bonds. The van der Waals surface area contributed by atoms with E-state index in [2.05, 4.69) is 20.2 Å². The summed E-state index contributed by atoms with van der Waals surface area (Å²) in [7, 11) is 0. The van der Waals surface area contributed by atoms with Gasteiger partial charge in [0.15, 0.2) is 17.3 Å². The van der Waals surface area contributed by atoms with Crippen LogP contribution in [0.15, 0.2) is 79.3 Å². The van der Waals surface area contributed by atoms with Crippen molar-refractivity contribution in [3.05, 3.63) is 84.8 Å². The van der Waals surface area contributed by atoms with Gasteiger partial charge in [0.05, 0.1) is 31.0 Å². The molecule has 2 N–H and O–H groups in total. The molecule has 0 saturated carbocycles. The molecule has 9 heteroatoms. The average molecular weight is 554 g/mol. The van der Waals surface area contributed by atoms with Gasteiger partial charge in [-0.1, -0.05) is 36.4 Å². The first-order valence-corrected chi connectivity index (χ1v) is 13.9. The van der Waals surface area contributed by atoms with Crippen LogP contribution in [0.2, 0.25) is 0 Å². The van der Waals surface area contributed by atoms with E-state index in [9.17, 15) is 9.90 Å². The molecule has 2 aromatic carbocycles. The summed E-state index contributed by atoms with van der Waals surface area (Å²) in [5.41, 5.74) is 1.38. The Morgan fingerprint density at radius 2 is 1.80 bits per heavy atom. The maximum absolute atomic E-state index is 11.9. The number of aliphatic carboxylic acids is 1. The predicted molar refractivity (Wildman–Crippen MR) is 159 cm³/mol. The highest BCUT2D eigenvalue weighted by Gasteiger charge is 2.32. The summed E-state index contributed by atoms with van der Waals surface area (Å²) >= 11 is 0. The first-order valence-electron chi connectivity index (χ1n) is 13.9. The number of pyridine rings is 1. The summed E-state index contributed by atoms with van der Waals surface area (Å²) in [4.78, 5) is 27.9. The molecule has 3 heterocycles. The second-order valence-electron chi connectivity index (χ2n) is 10.5. The fourth-order valence-electron chi connectivity index (χ4n) is 4.97. The first-order chi connectivity index (χ1) is 19.8. The summed E-state index contributed by atoms with van der Waals surface area (Å²) < 4.78 is 12.1. The number of nitrogens with one attached hydrogen (secondary N) is 1. The fraction of sp³-hybridized carbons (Fsp3) is 0.312. The molecule has 41 heavy (non-hydrogen) atoms. The number of ether oxygens (including phenoxy) is 2. The third-order valence-electron chi connectivity index (χ3n) is 7.23. The normalized spacial score (nSPS) is 15.3. The molecule has 0 spiro atoms. The van der Waals surface area contributed by atoms with Gasteiger partial charge in [-0.05, 0) is 69.0 Å². The van der Waals surface area contributed by atoms with Gasteiger partial charge in [-0.25, -0.2) is 9.97 Å². The Morgan fingerprint density at radius 1 is 1.02 bits per heavy atom. The second-order valence-corrected chi connectivity index (χ2v) is 10.5. The Labute approximate surface area is 240 Å². The van der Waals surface area contributed by atoms with Gasteiger partial charge in [0.25, 0.3) is 0 Å². The zero-order valence-corrected chi connectivity index (χ0v) is 23.6. The van der Waals surface area contributed by atoms with E-state index < -0.39 is 11.4 Å². The monoisotopic (exact) mass is 553 g/mol. The Bertz CT molecular complexity index is 1490. The minimum Gasteiger partial charge on any atom is -0.490 e. The number of carboxylic acids is 1. The highest BCUT2D eigenvalue weighted by molar-refractivity contribution is 5.84. The molecule has 5 rings (SSSR count). The lowest BCUT2D eigenvalue weighted by molar-refractivity contribution is -0.142. The Kier molecular flexibility index (Phi) is 8.33. The number of nitrogens with zero attached hydrogens (tertiary/aromatic N) is 4. The van der Waals surface area contributed by atoms with Crippen molar-refractivity contribution in [2.75, 3.05) is 29.9 Å². The molecule has 0 bridgehead atoms. The number of rotatable bonds is 10. The van der Waals surface area contributed by atoms with Crippen molar-refractivity contribution in [1.82, 2.24) is 15.0 Å². The number of anilines is 3. The van der Waals surface area contributed by atoms with Crippen LogP contribution in [0.1, 0.15) is 39.2 Å². The minimum absolute atomic E-state index is 0.00645. The van der Waals surface area contributed by atoms with E-state index in [1.807, 2.05) is 67.6 Å². The topological polar surface area (TPSA) is 110 Å². The summed E-state index contributed by atoms with van der Waals surface area (Å²) in [6, 6.07) is 19.1. The summed E-state index contributed by atoms with van der Waals surface area (Å²) in [5.74, 6) is 2.60. The molecule has 2 aromatic heterocycles. The summed E-state index contributed by atoms with van der Waals surface area (Å²) in [6.07, 6.45) is 7.10. The molecule has 212 valence electrons. The molecular formula is C32H35N5O4. The highest BCUT2D eigenvalue weighted by Crippen LogP contribution is 2.34. The third kappa shape index (κ3) is 6.40. The van der Waals surface area contributed by atoms with Crippen LogP contribution in [0.3, 0.4) is 0 Å². The lowest BCUT2D eigenvalue weighted by Gasteiger charge is -2.33. The maximum Gasteiger partial charge on any atom is 0.313 e. The zero-order valence-electron chi connectivity index (χ0n) is 23.6. The second kappa shape index (κ2) is 12.2. The van der Waals surface area contributed by atoms with Gasteiger partial charge in [-0.15, -0.1) is 0 Å². The van der Waals surface area contributed by atoms with Crippen molar-refractivity contribution in [2.45, 2.75) is 45.1 Å². The standard InChI is InChI=1S/C32H35N5O4/c1-4-40-26-13-7-8-14-27(26)41-23-10-9-17-37(21-23)30-20-33-19-29(36-30)35-28-16-15-22(18-34-28)24-11-5-6-12-25(24)32(2,3)31(38)39/h5-8,11-16,18-20,23H,4,9-10,17,21H2,1-3H3,(H,38,39)(H,34,35,36)/t23-/m1/s1. The summed E-state index contributed by atoms with van der Waals surface area (Å²) in [6.45, 7) is 7.52. The fourth-order valence-corrected chi connectivity index (χ4v) is 4.97. The SMILES string of the molecule is CCOc1ccccc1O[C@@H]1CCCN(c2cncc(Nc3ccc(-c4ccccc4C(C)(C)C(=O)O)cn3)n2)C1. The Balaban J connectivity index is 1.28. The Morgan fingerprint density at radius 3 is 2.56 bits per heavy atom. The average Bonchev–Trinajstić information content (AvgIpc) is 2.99.